The number of rotatable bonds is 6. The third-order valence-corrected chi connectivity index (χ3v) is 4.60. The van der Waals surface area contributed by atoms with Gasteiger partial charge in [0.1, 0.15) is 12.4 Å². The molecule has 0 radical (unpaired) electrons. The van der Waals surface area contributed by atoms with Gasteiger partial charge in [-0.15, -0.1) is 0 Å². The number of carbonyl (C=O) groups excluding carboxylic acids is 1. The van der Waals surface area contributed by atoms with E-state index in [9.17, 15) is 4.79 Å². The molecule has 1 aliphatic rings. The van der Waals surface area contributed by atoms with E-state index in [0.717, 1.165) is 12.1 Å². The van der Waals surface area contributed by atoms with E-state index in [1.54, 1.807) is 19.5 Å². The lowest BCUT2D eigenvalue weighted by molar-refractivity contribution is 0.0656. The minimum atomic E-state index is -0.0640. The number of hydrogen-bond donors (Lipinski definition) is 0. The van der Waals surface area contributed by atoms with E-state index in [1.165, 1.54) is 0 Å². The van der Waals surface area contributed by atoms with Crippen LogP contribution in [-0.4, -0.2) is 58.4 Å². The number of aryl methyl sites for hydroxylation is 2. The molecule has 2 aromatic rings. The zero-order valence-electron chi connectivity index (χ0n) is 15.4. The van der Waals surface area contributed by atoms with Gasteiger partial charge in [0, 0.05) is 19.9 Å². The summed E-state index contributed by atoms with van der Waals surface area (Å²) in [4.78, 5) is 19.1. The molecule has 0 unspecified atom stereocenters. The number of ether oxygens (including phenoxy) is 2. The first kappa shape index (κ1) is 18.3. The Morgan fingerprint density at radius 1 is 1.38 bits per heavy atom. The van der Waals surface area contributed by atoms with Gasteiger partial charge in [0.2, 0.25) is 0 Å². The fourth-order valence-electron chi connectivity index (χ4n) is 3.19. The summed E-state index contributed by atoms with van der Waals surface area (Å²) in [5.74, 6) is 0.649. The second-order valence-electron chi connectivity index (χ2n) is 6.40. The van der Waals surface area contributed by atoms with Crippen molar-refractivity contribution in [3.05, 3.63) is 47.5 Å². The number of aromatic nitrogens is 3. The van der Waals surface area contributed by atoms with Crippen molar-refractivity contribution < 1.29 is 14.3 Å². The molecule has 0 aliphatic carbocycles. The van der Waals surface area contributed by atoms with Gasteiger partial charge in [0.15, 0.2) is 0 Å². The van der Waals surface area contributed by atoms with Crippen molar-refractivity contribution in [1.29, 1.82) is 0 Å². The minimum absolute atomic E-state index is 0.00224. The van der Waals surface area contributed by atoms with Gasteiger partial charge in [-0.05, 0) is 38.0 Å². The van der Waals surface area contributed by atoms with Crippen LogP contribution in [0.1, 0.15) is 35.1 Å². The maximum atomic E-state index is 13.2. The first-order valence-corrected chi connectivity index (χ1v) is 8.82. The van der Waals surface area contributed by atoms with Gasteiger partial charge >= 0.3 is 0 Å². The standard InChI is InChI=1S/C19H24N4O3/c1-4-18-17(8-13(2)21-22-18)19(24)23-11-16(25-3)9-14(23)12-26-15-6-5-7-20-10-15/h5-8,10,14,16H,4,9,11-12H2,1-3H3/t14-,16+/m0/s1. The predicted octanol–water partition coefficient (Wildman–Crippen LogP) is 2.05. The van der Waals surface area contributed by atoms with Gasteiger partial charge in [-0.1, -0.05) is 6.92 Å². The van der Waals surface area contributed by atoms with E-state index in [0.29, 0.717) is 36.6 Å². The topological polar surface area (TPSA) is 77.4 Å². The van der Waals surface area contributed by atoms with E-state index in [-0.39, 0.29) is 18.1 Å². The molecule has 0 bridgehead atoms. The maximum absolute atomic E-state index is 13.2. The highest BCUT2D eigenvalue weighted by atomic mass is 16.5. The normalized spacial score (nSPS) is 19.6. The molecule has 7 nitrogen and oxygen atoms in total. The fourth-order valence-corrected chi connectivity index (χ4v) is 3.19. The Balaban J connectivity index is 1.79. The third-order valence-electron chi connectivity index (χ3n) is 4.60. The van der Waals surface area contributed by atoms with Crippen LogP contribution in [0.3, 0.4) is 0 Å². The van der Waals surface area contributed by atoms with Gasteiger partial charge in [-0.3, -0.25) is 9.78 Å². The number of amides is 1. The van der Waals surface area contributed by atoms with Crippen LogP contribution >= 0.6 is 0 Å². The Hall–Kier alpha value is -2.54. The second kappa shape index (κ2) is 8.23. The molecular formula is C19H24N4O3. The largest absolute Gasteiger partial charge is 0.490 e. The number of methoxy groups -OCH3 is 1. The molecule has 2 aromatic heterocycles. The zero-order chi connectivity index (χ0) is 18.5. The molecule has 1 aliphatic heterocycles. The average Bonchev–Trinajstić information content (AvgIpc) is 3.10. The van der Waals surface area contributed by atoms with Crippen molar-refractivity contribution in [3.8, 4) is 5.75 Å². The summed E-state index contributed by atoms with van der Waals surface area (Å²) in [6, 6.07) is 5.43. The van der Waals surface area contributed by atoms with E-state index >= 15 is 0 Å². The number of pyridine rings is 1. The Morgan fingerprint density at radius 3 is 2.92 bits per heavy atom. The summed E-state index contributed by atoms with van der Waals surface area (Å²) >= 11 is 0. The lowest BCUT2D eigenvalue weighted by Crippen LogP contribution is -2.40. The van der Waals surface area contributed by atoms with E-state index in [1.807, 2.05) is 36.9 Å². The molecule has 1 saturated heterocycles. The summed E-state index contributed by atoms with van der Waals surface area (Å²) in [5, 5.41) is 8.25. The molecule has 3 heterocycles. The Labute approximate surface area is 153 Å². The molecule has 1 amide bonds. The van der Waals surface area contributed by atoms with Crippen LogP contribution in [0.2, 0.25) is 0 Å². The maximum Gasteiger partial charge on any atom is 0.256 e. The Kier molecular flexibility index (Phi) is 5.78. The van der Waals surface area contributed by atoms with Crippen LogP contribution in [0.25, 0.3) is 0 Å². The highest BCUT2D eigenvalue weighted by Gasteiger charge is 2.37. The van der Waals surface area contributed by atoms with Gasteiger partial charge in [0.25, 0.3) is 5.91 Å². The summed E-state index contributed by atoms with van der Waals surface area (Å²) in [5.41, 5.74) is 2.06. The highest BCUT2D eigenvalue weighted by Crippen LogP contribution is 2.24. The smallest absolute Gasteiger partial charge is 0.256 e. The third kappa shape index (κ3) is 3.99. The molecule has 26 heavy (non-hydrogen) atoms. The molecule has 0 N–H and O–H groups in total. The quantitative estimate of drug-likeness (QED) is 0.788. The average molecular weight is 356 g/mol. The van der Waals surface area contributed by atoms with Crippen molar-refractivity contribution >= 4 is 5.91 Å². The molecule has 1 fully saturated rings. The van der Waals surface area contributed by atoms with Crippen LogP contribution in [0.4, 0.5) is 0 Å². The van der Waals surface area contributed by atoms with Gasteiger partial charge in [-0.25, -0.2) is 0 Å². The summed E-state index contributed by atoms with van der Waals surface area (Å²) in [7, 11) is 1.67. The van der Waals surface area contributed by atoms with Crippen molar-refractivity contribution in [2.75, 3.05) is 20.3 Å². The van der Waals surface area contributed by atoms with Crippen LogP contribution < -0.4 is 4.74 Å². The van der Waals surface area contributed by atoms with Crippen molar-refractivity contribution in [2.45, 2.75) is 38.8 Å². The number of nitrogens with zero attached hydrogens (tertiary/aromatic N) is 4. The lowest BCUT2D eigenvalue weighted by atomic mass is 10.1. The van der Waals surface area contributed by atoms with Gasteiger partial charge < -0.3 is 14.4 Å². The number of likely N-dealkylation sites (tertiary alicyclic amines) is 1. The van der Waals surface area contributed by atoms with Crippen LogP contribution in [0, 0.1) is 6.92 Å². The van der Waals surface area contributed by atoms with Gasteiger partial charge in [-0.2, -0.15) is 10.2 Å². The Morgan fingerprint density at radius 2 is 2.23 bits per heavy atom. The highest BCUT2D eigenvalue weighted by molar-refractivity contribution is 5.95. The number of hydrogen-bond acceptors (Lipinski definition) is 6. The molecule has 3 rings (SSSR count). The van der Waals surface area contributed by atoms with Crippen molar-refractivity contribution in [3.63, 3.8) is 0 Å². The van der Waals surface area contributed by atoms with E-state index in [4.69, 9.17) is 9.47 Å². The van der Waals surface area contributed by atoms with E-state index in [2.05, 4.69) is 15.2 Å². The van der Waals surface area contributed by atoms with Crippen molar-refractivity contribution in [1.82, 2.24) is 20.1 Å². The molecule has 138 valence electrons. The monoisotopic (exact) mass is 356 g/mol. The first-order valence-electron chi connectivity index (χ1n) is 8.82. The lowest BCUT2D eigenvalue weighted by Gasteiger charge is -2.25. The zero-order valence-corrected chi connectivity index (χ0v) is 15.4. The van der Waals surface area contributed by atoms with E-state index < -0.39 is 0 Å². The summed E-state index contributed by atoms with van der Waals surface area (Å²) in [6.07, 6.45) is 4.76. The number of carbonyl (C=O) groups is 1. The van der Waals surface area contributed by atoms with Gasteiger partial charge in [0.05, 0.1) is 35.3 Å². The fraction of sp³-hybridized carbons (Fsp3) is 0.474. The summed E-state index contributed by atoms with van der Waals surface area (Å²) < 4.78 is 11.3. The molecule has 0 saturated carbocycles. The molecular weight excluding hydrogens is 332 g/mol. The SMILES string of the molecule is CCc1nnc(C)cc1C(=O)N1C[C@H](OC)C[C@H]1COc1cccnc1. The van der Waals surface area contributed by atoms with Crippen LogP contribution in [-0.2, 0) is 11.2 Å². The predicted molar refractivity (Wildman–Crippen MR) is 96.1 cm³/mol. The first-order chi connectivity index (χ1) is 12.6. The Bertz CT molecular complexity index is 754. The molecule has 2 atom stereocenters. The van der Waals surface area contributed by atoms with Crippen molar-refractivity contribution in [2.24, 2.45) is 0 Å². The molecule has 0 aromatic carbocycles. The minimum Gasteiger partial charge on any atom is -0.490 e. The summed E-state index contributed by atoms with van der Waals surface area (Å²) in [6.45, 7) is 4.76. The second-order valence-corrected chi connectivity index (χ2v) is 6.40. The molecule has 7 heteroatoms. The van der Waals surface area contributed by atoms with Crippen LogP contribution in [0.15, 0.2) is 30.6 Å². The van der Waals surface area contributed by atoms with Crippen LogP contribution in [0.5, 0.6) is 5.75 Å². The molecule has 0 spiro atoms.